The monoisotopic (exact) mass is 582 g/mol. The highest BCUT2D eigenvalue weighted by molar-refractivity contribution is 7.90. The molecular weight excluding hydrogens is 556 g/mol. The van der Waals surface area contributed by atoms with Gasteiger partial charge in [0.2, 0.25) is 0 Å². The third kappa shape index (κ3) is 6.31. The first-order valence-electron chi connectivity index (χ1n) is 12.0. The first-order chi connectivity index (χ1) is 18.8. The van der Waals surface area contributed by atoms with Gasteiger partial charge >= 0.3 is 6.18 Å². The van der Waals surface area contributed by atoms with Gasteiger partial charge in [0.25, 0.3) is 5.91 Å². The highest BCUT2D eigenvalue weighted by atomic mass is 32.2. The normalized spacial score (nSPS) is 14.0. The Kier molecular flexibility index (Phi) is 8.26. The standard InChI is InChI=1S/C27H26F4N2O6S/c1-38-20-13-19(14-21(15-20)40(2,36)37)32-25(22-6-5-18(28)12-24(22)39-10-9-34)26(35)33-8-7-16-3-4-17(11-23(16)33)27(29,30)31/h3-6,11-15,25,32,34H,7-10H2,1-2H3. The molecule has 214 valence electrons. The molecule has 3 aromatic rings. The van der Waals surface area contributed by atoms with E-state index >= 15 is 0 Å². The van der Waals surface area contributed by atoms with Crippen LogP contribution in [0.15, 0.2) is 59.5 Å². The van der Waals surface area contributed by atoms with Gasteiger partial charge in [0.05, 0.1) is 24.2 Å². The largest absolute Gasteiger partial charge is 0.497 e. The summed E-state index contributed by atoms with van der Waals surface area (Å²) in [6, 6.07) is 9.18. The molecule has 1 aliphatic heterocycles. The van der Waals surface area contributed by atoms with E-state index in [1.165, 1.54) is 42.3 Å². The number of anilines is 2. The molecule has 0 spiro atoms. The van der Waals surface area contributed by atoms with Crippen LogP contribution in [0.3, 0.4) is 0 Å². The highest BCUT2D eigenvalue weighted by Gasteiger charge is 2.37. The summed E-state index contributed by atoms with van der Waals surface area (Å²) in [5.41, 5.74) is -0.0523. The van der Waals surface area contributed by atoms with E-state index in [1.54, 1.807) is 0 Å². The molecule has 2 N–H and O–H groups in total. The number of hydrogen-bond acceptors (Lipinski definition) is 7. The average Bonchev–Trinajstić information content (AvgIpc) is 3.33. The van der Waals surface area contributed by atoms with Gasteiger partial charge in [-0.2, -0.15) is 13.2 Å². The highest BCUT2D eigenvalue weighted by Crippen LogP contribution is 2.39. The van der Waals surface area contributed by atoms with Crippen LogP contribution in [0.4, 0.5) is 28.9 Å². The molecule has 0 saturated heterocycles. The number of hydrogen-bond donors (Lipinski definition) is 2. The third-order valence-corrected chi connectivity index (χ3v) is 7.40. The fourth-order valence-corrected chi connectivity index (χ4v) is 5.07. The topological polar surface area (TPSA) is 105 Å². The van der Waals surface area contributed by atoms with Crippen LogP contribution in [-0.4, -0.2) is 52.6 Å². The van der Waals surface area contributed by atoms with Gasteiger partial charge in [-0.05, 0) is 48.4 Å². The fraction of sp³-hybridized carbons (Fsp3) is 0.296. The van der Waals surface area contributed by atoms with Gasteiger partial charge in [0, 0.05) is 41.9 Å². The average molecular weight is 583 g/mol. The van der Waals surface area contributed by atoms with Gasteiger partial charge in [-0.25, -0.2) is 12.8 Å². The number of aliphatic hydroxyl groups is 1. The number of nitrogens with one attached hydrogen (secondary N) is 1. The maximum absolute atomic E-state index is 14.2. The Morgan fingerprint density at radius 1 is 1.12 bits per heavy atom. The first-order valence-corrected chi connectivity index (χ1v) is 13.9. The molecule has 3 aromatic carbocycles. The number of alkyl halides is 3. The molecule has 13 heteroatoms. The summed E-state index contributed by atoms with van der Waals surface area (Å²) in [5.74, 6) is -1.31. The number of sulfone groups is 1. The molecule has 40 heavy (non-hydrogen) atoms. The van der Waals surface area contributed by atoms with Crippen LogP contribution < -0.4 is 19.7 Å². The number of carbonyl (C=O) groups is 1. The number of ether oxygens (including phenoxy) is 2. The van der Waals surface area contributed by atoms with Crippen molar-refractivity contribution in [3.8, 4) is 11.5 Å². The molecule has 4 rings (SSSR count). The van der Waals surface area contributed by atoms with Gasteiger partial charge in [0.1, 0.15) is 30.0 Å². The number of amides is 1. The summed E-state index contributed by atoms with van der Waals surface area (Å²) in [6.07, 6.45) is -3.33. The number of rotatable bonds is 9. The van der Waals surface area contributed by atoms with E-state index < -0.39 is 46.0 Å². The van der Waals surface area contributed by atoms with Crippen LogP contribution in [0.5, 0.6) is 11.5 Å². The van der Waals surface area contributed by atoms with E-state index in [0.29, 0.717) is 12.0 Å². The maximum Gasteiger partial charge on any atom is 0.416 e. The van der Waals surface area contributed by atoms with Crippen molar-refractivity contribution in [3.63, 3.8) is 0 Å². The second-order valence-electron chi connectivity index (χ2n) is 9.08. The minimum Gasteiger partial charge on any atom is -0.497 e. The lowest BCUT2D eigenvalue weighted by Gasteiger charge is -2.28. The summed E-state index contributed by atoms with van der Waals surface area (Å²) < 4.78 is 89.8. The van der Waals surface area contributed by atoms with Gasteiger partial charge in [-0.15, -0.1) is 0 Å². The molecule has 1 unspecified atom stereocenters. The number of fused-ring (bicyclic) bond motifs is 1. The van der Waals surface area contributed by atoms with Crippen LogP contribution >= 0.6 is 0 Å². The van der Waals surface area contributed by atoms with E-state index in [1.807, 2.05) is 0 Å². The van der Waals surface area contributed by atoms with Crippen LogP contribution in [-0.2, 0) is 27.2 Å². The van der Waals surface area contributed by atoms with Gasteiger partial charge in [-0.3, -0.25) is 4.79 Å². The molecule has 1 aliphatic rings. The van der Waals surface area contributed by atoms with Gasteiger partial charge in [-0.1, -0.05) is 6.07 Å². The fourth-order valence-electron chi connectivity index (χ4n) is 4.39. The summed E-state index contributed by atoms with van der Waals surface area (Å²) in [4.78, 5) is 15.1. The Labute approximate surface area is 228 Å². The number of methoxy groups -OCH3 is 1. The van der Waals surface area contributed by atoms with E-state index in [0.717, 1.165) is 30.5 Å². The Bertz CT molecular complexity index is 1530. The van der Waals surface area contributed by atoms with Crippen LogP contribution in [0.25, 0.3) is 0 Å². The molecule has 8 nitrogen and oxygen atoms in total. The van der Waals surface area contributed by atoms with Crippen molar-refractivity contribution in [1.82, 2.24) is 0 Å². The van der Waals surface area contributed by atoms with Crippen LogP contribution in [0.2, 0.25) is 0 Å². The number of aliphatic hydroxyl groups excluding tert-OH is 1. The van der Waals surface area contributed by atoms with E-state index in [2.05, 4.69) is 5.32 Å². The van der Waals surface area contributed by atoms with Crippen molar-refractivity contribution >= 4 is 27.1 Å². The van der Waals surface area contributed by atoms with Crippen molar-refractivity contribution in [3.05, 3.63) is 77.1 Å². The van der Waals surface area contributed by atoms with Crippen molar-refractivity contribution in [1.29, 1.82) is 0 Å². The van der Waals surface area contributed by atoms with E-state index in [-0.39, 0.29) is 46.5 Å². The Balaban J connectivity index is 1.83. The molecule has 1 atom stereocenters. The summed E-state index contributed by atoms with van der Waals surface area (Å²) in [7, 11) is -2.38. The predicted octanol–water partition coefficient (Wildman–Crippen LogP) is 4.37. The zero-order chi connectivity index (χ0) is 29.2. The molecule has 0 aromatic heterocycles. The maximum atomic E-state index is 14.2. The summed E-state index contributed by atoms with van der Waals surface area (Å²) in [5, 5.41) is 12.2. The third-order valence-electron chi connectivity index (χ3n) is 6.31. The van der Waals surface area contributed by atoms with Crippen molar-refractivity contribution in [2.75, 3.05) is 43.3 Å². The SMILES string of the molecule is COc1cc(NC(C(=O)N2CCc3ccc(C(F)(F)F)cc32)c2ccc(F)cc2OCCO)cc(S(C)(=O)=O)c1. The minimum atomic E-state index is -4.63. The number of carbonyl (C=O) groups excluding carboxylic acids is 1. The number of benzene rings is 3. The van der Waals surface area contributed by atoms with Crippen LogP contribution in [0, 0.1) is 5.82 Å². The molecule has 0 bridgehead atoms. The van der Waals surface area contributed by atoms with Crippen molar-refractivity contribution in [2.45, 2.75) is 23.5 Å². The minimum absolute atomic E-state index is 0.0778. The smallest absolute Gasteiger partial charge is 0.416 e. The summed E-state index contributed by atoms with van der Waals surface area (Å²) in [6.45, 7) is -0.556. The van der Waals surface area contributed by atoms with Gasteiger partial charge in [0.15, 0.2) is 9.84 Å². The summed E-state index contributed by atoms with van der Waals surface area (Å²) >= 11 is 0. The molecular formula is C27H26F4N2O6S. The number of halogens is 4. The van der Waals surface area contributed by atoms with Crippen molar-refractivity contribution < 1.29 is 45.4 Å². The second kappa shape index (κ2) is 11.3. The van der Waals surface area contributed by atoms with Crippen LogP contribution in [0.1, 0.15) is 22.7 Å². The zero-order valence-electron chi connectivity index (χ0n) is 21.5. The second-order valence-corrected chi connectivity index (χ2v) is 11.1. The van der Waals surface area contributed by atoms with Gasteiger partial charge < -0.3 is 24.8 Å². The molecule has 1 amide bonds. The Hall–Kier alpha value is -3.84. The first kappa shape index (κ1) is 29.2. The van der Waals surface area contributed by atoms with Crippen molar-refractivity contribution in [2.24, 2.45) is 0 Å². The van der Waals surface area contributed by atoms with E-state index in [9.17, 15) is 35.9 Å². The van der Waals surface area contributed by atoms with E-state index in [4.69, 9.17) is 9.47 Å². The lowest BCUT2D eigenvalue weighted by Crippen LogP contribution is -2.37. The Morgan fingerprint density at radius 2 is 1.88 bits per heavy atom. The molecule has 0 fully saturated rings. The zero-order valence-corrected chi connectivity index (χ0v) is 22.3. The lowest BCUT2D eigenvalue weighted by atomic mass is 10.0. The predicted molar refractivity (Wildman–Crippen MR) is 139 cm³/mol. The number of nitrogens with zero attached hydrogens (tertiary/aromatic N) is 1. The molecule has 0 saturated carbocycles. The molecule has 0 aliphatic carbocycles. The quantitative estimate of drug-likeness (QED) is 0.361. The lowest BCUT2D eigenvalue weighted by molar-refractivity contribution is -0.137. The Morgan fingerprint density at radius 3 is 2.52 bits per heavy atom. The molecule has 1 heterocycles. The molecule has 0 radical (unpaired) electrons.